The molecule has 0 aromatic heterocycles. The van der Waals surface area contributed by atoms with Crippen molar-refractivity contribution in [2.24, 2.45) is 0 Å². The van der Waals surface area contributed by atoms with Crippen LogP contribution >= 0.6 is 11.8 Å². The fraction of sp³-hybridized carbons (Fsp3) is 0.176. The van der Waals surface area contributed by atoms with Gasteiger partial charge in [-0.3, -0.25) is 0 Å². The average molecular weight is 471 g/mol. The minimum absolute atomic E-state index is 0.0263. The van der Waals surface area contributed by atoms with Crippen LogP contribution in [0.1, 0.15) is 48.4 Å². The summed E-state index contributed by atoms with van der Waals surface area (Å²) in [5, 5.41) is 0. The summed E-state index contributed by atoms with van der Waals surface area (Å²) in [7, 11) is 0. The molecule has 1 aliphatic heterocycles. The third-order valence-corrected chi connectivity index (χ3v) is 8.77. The minimum Gasteiger partial charge on any atom is -0.0891 e. The Hall–Kier alpha value is -3.29. The van der Waals surface area contributed by atoms with Crippen LogP contribution in [0.4, 0.5) is 0 Å². The van der Waals surface area contributed by atoms with Crippen molar-refractivity contribution in [3.05, 3.63) is 143 Å². The fourth-order valence-corrected chi connectivity index (χ4v) is 7.06. The highest BCUT2D eigenvalue weighted by Gasteiger charge is 2.34. The third-order valence-electron chi connectivity index (χ3n) is 7.54. The molecule has 1 heterocycles. The van der Waals surface area contributed by atoms with Gasteiger partial charge in [0.25, 0.3) is 0 Å². The molecule has 2 aliphatic rings. The Bertz CT molecular complexity index is 1420. The average Bonchev–Trinajstić information content (AvgIpc) is 2.90. The normalized spacial score (nSPS) is 17.9. The van der Waals surface area contributed by atoms with Gasteiger partial charge in [-0.05, 0) is 57.9 Å². The molecule has 172 valence electrons. The Morgan fingerprint density at radius 3 is 2.23 bits per heavy atom. The summed E-state index contributed by atoms with van der Waals surface area (Å²) in [5.74, 6) is 0.433. The van der Waals surface area contributed by atoms with Crippen LogP contribution in [0, 0.1) is 0 Å². The molecule has 0 fully saturated rings. The quantitative estimate of drug-likeness (QED) is 0.286. The first-order valence-electron chi connectivity index (χ1n) is 12.5. The van der Waals surface area contributed by atoms with Gasteiger partial charge in [0.05, 0.1) is 0 Å². The second-order valence-electron chi connectivity index (χ2n) is 10.2. The van der Waals surface area contributed by atoms with Gasteiger partial charge in [-0.1, -0.05) is 135 Å². The van der Waals surface area contributed by atoms with E-state index in [1.165, 1.54) is 48.7 Å². The van der Waals surface area contributed by atoms with E-state index in [2.05, 4.69) is 129 Å². The molecule has 0 bridgehead atoms. The first-order chi connectivity index (χ1) is 17.1. The maximum absolute atomic E-state index is 2.45. The van der Waals surface area contributed by atoms with E-state index in [4.69, 9.17) is 0 Å². The van der Waals surface area contributed by atoms with Crippen LogP contribution in [0.2, 0.25) is 0 Å². The number of fused-ring (bicyclic) bond motifs is 2. The zero-order chi connectivity index (χ0) is 23.8. The van der Waals surface area contributed by atoms with Crippen molar-refractivity contribution in [1.29, 1.82) is 0 Å². The standard InChI is InChI=1S/C34H30S/c1-34(2)30-12-6-7-14-32(30)35-33-29(11-8-13-31(33)34)28-21-17-25(18-22-28)23-24-15-19-27(20-16-24)26-9-4-3-5-10-26/h3-21,28H,22-23H2,1-2H3. The maximum atomic E-state index is 2.45. The van der Waals surface area contributed by atoms with Crippen molar-refractivity contribution in [2.45, 2.75) is 47.8 Å². The van der Waals surface area contributed by atoms with Crippen LogP contribution in [0.15, 0.2) is 131 Å². The maximum Gasteiger partial charge on any atom is 0.0201 e. The lowest BCUT2D eigenvalue weighted by Gasteiger charge is -2.36. The topological polar surface area (TPSA) is 0 Å². The van der Waals surface area contributed by atoms with E-state index < -0.39 is 0 Å². The first-order valence-corrected chi connectivity index (χ1v) is 13.3. The number of hydrogen-bond donors (Lipinski definition) is 0. The highest BCUT2D eigenvalue weighted by atomic mass is 32.2. The van der Waals surface area contributed by atoms with E-state index >= 15 is 0 Å². The van der Waals surface area contributed by atoms with Crippen molar-refractivity contribution in [3.63, 3.8) is 0 Å². The molecule has 6 rings (SSSR count). The van der Waals surface area contributed by atoms with Crippen molar-refractivity contribution < 1.29 is 0 Å². The van der Waals surface area contributed by atoms with Gasteiger partial charge in [-0.25, -0.2) is 0 Å². The Balaban J connectivity index is 1.20. The molecule has 0 N–H and O–H groups in total. The second-order valence-corrected chi connectivity index (χ2v) is 11.2. The molecule has 0 radical (unpaired) electrons. The van der Waals surface area contributed by atoms with E-state index in [9.17, 15) is 0 Å². The Kier molecular flexibility index (Phi) is 5.74. The highest BCUT2D eigenvalue weighted by molar-refractivity contribution is 7.99. The van der Waals surface area contributed by atoms with Crippen LogP contribution < -0.4 is 0 Å². The summed E-state index contributed by atoms with van der Waals surface area (Å²) in [6, 6.07) is 35.4. The van der Waals surface area contributed by atoms with Crippen LogP contribution in [0.3, 0.4) is 0 Å². The summed E-state index contributed by atoms with van der Waals surface area (Å²) >= 11 is 1.95. The van der Waals surface area contributed by atoms with E-state index in [0.717, 1.165) is 12.8 Å². The molecule has 0 nitrogen and oxygen atoms in total. The monoisotopic (exact) mass is 470 g/mol. The molecule has 1 unspecified atom stereocenters. The lowest BCUT2D eigenvalue weighted by atomic mass is 9.76. The van der Waals surface area contributed by atoms with Gasteiger partial charge < -0.3 is 0 Å². The van der Waals surface area contributed by atoms with Crippen LogP contribution in [0.5, 0.6) is 0 Å². The minimum atomic E-state index is 0.0263. The second kappa shape index (κ2) is 9.06. The van der Waals surface area contributed by atoms with Gasteiger partial charge in [0.1, 0.15) is 0 Å². The summed E-state index contributed by atoms with van der Waals surface area (Å²) in [6.07, 6.45) is 9.28. The molecule has 0 saturated carbocycles. The molecule has 0 amide bonds. The highest BCUT2D eigenvalue weighted by Crippen LogP contribution is 2.51. The molecule has 4 aromatic carbocycles. The van der Waals surface area contributed by atoms with Gasteiger partial charge in [0, 0.05) is 21.1 Å². The van der Waals surface area contributed by atoms with E-state index in [1.807, 2.05) is 11.8 Å². The summed E-state index contributed by atoms with van der Waals surface area (Å²) in [6.45, 7) is 4.73. The van der Waals surface area contributed by atoms with E-state index in [1.54, 1.807) is 0 Å². The van der Waals surface area contributed by atoms with Crippen molar-refractivity contribution >= 4 is 11.8 Å². The largest absolute Gasteiger partial charge is 0.0891 e. The number of rotatable bonds is 4. The van der Waals surface area contributed by atoms with Crippen LogP contribution in [-0.2, 0) is 11.8 Å². The lowest BCUT2D eigenvalue weighted by Crippen LogP contribution is -2.24. The Labute approximate surface area is 213 Å². The van der Waals surface area contributed by atoms with Crippen LogP contribution in [0.25, 0.3) is 11.1 Å². The molecule has 1 heteroatoms. The first kappa shape index (κ1) is 22.2. The van der Waals surface area contributed by atoms with Crippen molar-refractivity contribution in [3.8, 4) is 11.1 Å². The van der Waals surface area contributed by atoms with Gasteiger partial charge in [0.15, 0.2) is 0 Å². The van der Waals surface area contributed by atoms with Gasteiger partial charge in [-0.2, -0.15) is 0 Å². The van der Waals surface area contributed by atoms with Gasteiger partial charge >= 0.3 is 0 Å². The summed E-state index contributed by atoms with van der Waals surface area (Å²) in [5.41, 5.74) is 9.72. The zero-order valence-electron chi connectivity index (χ0n) is 20.4. The predicted molar refractivity (Wildman–Crippen MR) is 149 cm³/mol. The lowest BCUT2D eigenvalue weighted by molar-refractivity contribution is 0.602. The van der Waals surface area contributed by atoms with Gasteiger partial charge in [0.2, 0.25) is 0 Å². The molecule has 1 aliphatic carbocycles. The molecule has 4 aromatic rings. The molecule has 1 atom stereocenters. The number of benzene rings is 4. The molecule has 0 saturated heterocycles. The number of hydrogen-bond acceptors (Lipinski definition) is 1. The number of allylic oxidation sites excluding steroid dienone is 4. The molecular weight excluding hydrogens is 440 g/mol. The fourth-order valence-electron chi connectivity index (χ4n) is 5.49. The SMILES string of the molecule is CC1(C)c2ccccc2Sc2c(C3C=CC(Cc4ccc(-c5ccccc5)cc4)=CC3)cccc21. The van der Waals surface area contributed by atoms with Crippen LogP contribution in [-0.4, -0.2) is 0 Å². The van der Waals surface area contributed by atoms with Crippen molar-refractivity contribution in [1.82, 2.24) is 0 Å². The van der Waals surface area contributed by atoms with Gasteiger partial charge in [-0.15, -0.1) is 0 Å². The Morgan fingerprint density at radius 2 is 1.46 bits per heavy atom. The smallest absolute Gasteiger partial charge is 0.0201 e. The predicted octanol–water partition coefficient (Wildman–Crippen LogP) is 9.36. The Morgan fingerprint density at radius 1 is 0.743 bits per heavy atom. The van der Waals surface area contributed by atoms with Crippen molar-refractivity contribution in [2.75, 3.05) is 0 Å². The summed E-state index contributed by atoms with van der Waals surface area (Å²) < 4.78 is 0. The summed E-state index contributed by atoms with van der Waals surface area (Å²) in [4.78, 5) is 2.85. The van der Waals surface area contributed by atoms with E-state index in [0.29, 0.717) is 5.92 Å². The molecule has 0 spiro atoms. The third kappa shape index (κ3) is 4.19. The zero-order valence-corrected chi connectivity index (χ0v) is 21.2. The molecule has 35 heavy (non-hydrogen) atoms. The van der Waals surface area contributed by atoms with E-state index in [-0.39, 0.29) is 5.41 Å². The molecular formula is C34H30S.